The Bertz CT molecular complexity index is 1410. The molecule has 0 bridgehead atoms. The molecule has 3 aromatic carbocycles. The van der Waals surface area contributed by atoms with Gasteiger partial charge >= 0.3 is 0 Å². The lowest BCUT2D eigenvalue weighted by Gasteiger charge is -2.30. The second-order valence-corrected chi connectivity index (χ2v) is 11.1. The second kappa shape index (κ2) is 18.3. The maximum Gasteiger partial charge on any atom is 0.209 e. The first kappa shape index (κ1) is 37.6. The number of benzene rings is 3. The van der Waals surface area contributed by atoms with Crippen molar-refractivity contribution >= 4 is 57.0 Å². The number of fused-ring (bicyclic) bond motifs is 1. The molecule has 0 fully saturated rings. The Morgan fingerprint density at radius 3 is 2.05 bits per heavy atom. The first-order chi connectivity index (χ1) is 20.5. The molecule has 0 atom stereocenters. The smallest absolute Gasteiger partial charge is 0.209 e. The molecule has 0 aromatic heterocycles. The predicted molar refractivity (Wildman–Crippen MR) is 197 cm³/mol. The van der Waals surface area contributed by atoms with Crippen molar-refractivity contribution in [3.05, 3.63) is 77.4 Å². The van der Waals surface area contributed by atoms with Gasteiger partial charge in [-0.3, -0.25) is 20.0 Å². The van der Waals surface area contributed by atoms with Crippen LogP contribution in [0, 0.1) is 0 Å². The fraction of sp³-hybridized carbons (Fsp3) is 0.400. The zero-order valence-corrected chi connectivity index (χ0v) is 28.7. The molecular weight excluding hydrogens is 551 g/mol. The normalized spacial score (nSPS) is 11.3. The van der Waals surface area contributed by atoms with Crippen molar-refractivity contribution in [2.45, 2.75) is 74.1 Å². The Balaban J connectivity index is 0.00000221. The standard InChI is InChI=1S/C32H42N6S.C2H6.CH5N/c1-8-23-14-15-25(32(5,6)7)20-30(23)38(34)31(39)37(33)29-17-16-26(27-12-10-11-13-28(27)29)24(21-35-9-2)18-19-36-22(3)4;2*1-2/h10-18,20-21H,8-9,19,33-34H2,1-7H3;1-2H3;2H2,1H3/b24-18+,35-21?;;. The highest BCUT2D eigenvalue weighted by molar-refractivity contribution is 7.80. The number of allylic oxidation sites excluding steroid dienone is 1. The van der Waals surface area contributed by atoms with Crippen molar-refractivity contribution in [3.63, 3.8) is 0 Å². The summed E-state index contributed by atoms with van der Waals surface area (Å²) < 4.78 is 0. The number of hydrogen-bond acceptors (Lipinski definition) is 6. The zero-order chi connectivity index (χ0) is 32.7. The summed E-state index contributed by atoms with van der Waals surface area (Å²) in [6.07, 6.45) is 4.85. The molecule has 0 aliphatic rings. The van der Waals surface area contributed by atoms with Crippen molar-refractivity contribution in [1.29, 1.82) is 0 Å². The van der Waals surface area contributed by atoms with E-state index in [-0.39, 0.29) is 5.41 Å². The van der Waals surface area contributed by atoms with E-state index in [0.29, 0.717) is 18.2 Å². The fourth-order valence-electron chi connectivity index (χ4n) is 4.37. The van der Waals surface area contributed by atoms with E-state index in [1.165, 1.54) is 22.6 Å². The summed E-state index contributed by atoms with van der Waals surface area (Å²) in [5.41, 5.74) is 11.5. The average molecular weight is 604 g/mol. The first-order valence-electron chi connectivity index (χ1n) is 15.0. The van der Waals surface area contributed by atoms with Crippen LogP contribution in [0.4, 0.5) is 11.4 Å². The van der Waals surface area contributed by atoms with Gasteiger partial charge in [0.25, 0.3) is 0 Å². The lowest BCUT2D eigenvalue weighted by atomic mass is 9.86. The number of nitrogens with zero attached hydrogens (tertiary/aromatic N) is 4. The summed E-state index contributed by atoms with van der Waals surface area (Å²) >= 11 is 5.85. The van der Waals surface area contributed by atoms with Crippen LogP contribution in [0.15, 0.2) is 70.7 Å². The van der Waals surface area contributed by atoms with Crippen LogP contribution >= 0.6 is 12.2 Å². The van der Waals surface area contributed by atoms with Crippen LogP contribution in [-0.4, -0.2) is 37.2 Å². The van der Waals surface area contributed by atoms with E-state index in [0.717, 1.165) is 51.0 Å². The quantitative estimate of drug-likeness (QED) is 0.106. The number of anilines is 2. The average Bonchev–Trinajstić information content (AvgIpc) is 3.02. The Morgan fingerprint density at radius 1 is 0.884 bits per heavy atom. The number of hydrazine groups is 2. The van der Waals surface area contributed by atoms with Crippen molar-refractivity contribution in [2.24, 2.45) is 27.4 Å². The number of nitrogens with two attached hydrogens (primary N) is 3. The zero-order valence-electron chi connectivity index (χ0n) is 27.9. The van der Waals surface area contributed by atoms with Crippen LogP contribution in [0.25, 0.3) is 16.3 Å². The van der Waals surface area contributed by atoms with Crippen molar-refractivity contribution in [3.8, 4) is 0 Å². The molecule has 0 heterocycles. The minimum atomic E-state index is -0.0225. The lowest BCUT2D eigenvalue weighted by molar-refractivity contribution is 0.590. The Morgan fingerprint density at radius 2 is 1.49 bits per heavy atom. The molecule has 234 valence electrons. The van der Waals surface area contributed by atoms with E-state index in [1.807, 2.05) is 59.0 Å². The van der Waals surface area contributed by atoms with Gasteiger partial charge in [0, 0.05) is 23.9 Å². The van der Waals surface area contributed by atoms with Crippen LogP contribution in [-0.2, 0) is 11.8 Å². The van der Waals surface area contributed by atoms with Gasteiger partial charge in [0.1, 0.15) is 0 Å². The number of aryl methyl sites for hydroxylation is 1. The molecule has 0 spiro atoms. The van der Waals surface area contributed by atoms with E-state index in [9.17, 15) is 0 Å². The van der Waals surface area contributed by atoms with Crippen LogP contribution in [0.2, 0.25) is 0 Å². The molecule has 6 N–H and O–H groups in total. The molecule has 0 aliphatic carbocycles. The van der Waals surface area contributed by atoms with Gasteiger partial charge in [-0.2, -0.15) is 0 Å². The third-order valence-electron chi connectivity index (χ3n) is 6.61. The second-order valence-electron chi connectivity index (χ2n) is 10.7. The fourth-order valence-corrected chi connectivity index (χ4v) is 4.57. The molecule has 0 saturated carbocycles. The monoisotopic (exact) mass is 603 g/mol. The van der Waals surface area contributed by atoms with Crippen molar-refractivity contribution in [2.75, 3.05) is 30.2 Å². The predicted octanol–water partition coefficient (Wildman–Crippen LogP) is 7.60. The third kappa shape index (κ3) is 10.1. The highest BCUT2D eigenvalue weighted by Crippen LogP contribution is 2.33. The molecule has 43 heavy (non-hydrogen) atoms. The van der Waals surface area contributed by atoms with E-state index >= 15 is 0 Å². The molecule has 3 rings (SSSR count). The van der Waals surface area contributed by atoms with Crippen LogP contribution < -0.4 is 27.4 Å². The molecule has 3 aromatic rings. The maximum atomic E-state index is 6.69. The largest absolute Gasteiger partial charge is 0.333 e. The summed E-state index contributed by atoms with van der Waals surface area (Å²) in [6, 6.07) is 18.6. The van der Waals surface area contributed by atoms with Gasteiger partial charge in [-0.1, -0.05) is 90.1 Å². The molecular formula is C35H53N7S. The topological polar surface area (TPSA) is 109 Å². The van der Waals surface area contributed by atoms with Crippen molar-refractivity contribution in [1.82, 2.24) is 0 Å². The molecule has 0 saturated heterocycles. The minimum absolute atomic E-state index is 0.0225. The summed E-state index contributed by atoms with van der Waals surface area (Å²) in [4.78, 5) is 9.06. The van der Waals surface area contributed by atoms with Gasteiger partial charge < -0.3 is 5.73 Å². The van der Waals surface area contributed by atoms with Crippen LogP contribution in [0.5, 0.6) is 0 Å². The lowest BCUT2D eigenvalue weighted by Crippen LogP contribution is -2.51. The van der Waals surface area contributed by atoms with Gasteiger partial charge in [0.2, 0.25) is 5.11 Å². The molecule has 0 unspecified atom stereocenters. The van der Waals surface area contributed by atoms with E-state index < -0.39 is 0 Å². The van der Waals surface area contributed by atoms with E-state index in [4.69, 9.17) is 23.9 Å². The SMILES string of the molecule is CC.CCN=C/C(=C\CN=C(C)C)c1ccc(N(N)C(=S)N(N)c2cc(C(C)(C)C)ccc2CC)c2ccccc12.CN. The Hall–Kier alpha value is -3.43. The van der Waals surface area contributed by atoms with Gasteiger partial charge in [0.15, 0.2) is 0 Å². The maximum absolute atomic E-state index is 6.69. The van der Waals surface area contributed by atoms with E-state index in [1.54, 1.807) is 0 Å². The van der Waals surface area contributed by atoms with Gasteiger partial charge in [-0.15, -0.1) is 0 Å². The first-order valence-corrected chi connectivity index (χ1v) is 15.4. The highest BCUT2D eigenvalue weighted by atomic mass is 32.1. The third-order valence-corrected chi connectivity index (χ3v) is 7.00. The summed E-state index contributed by atoms with van der Waals surface area (Å²) in [6.45, 7) is 20.0. The van der Waals surface area contributed by atoms with Crippen LogP contribution in [0.1, 0.15) is 79.0 Å². The van der Waals surface area contributed by atoms with Gasteiger partial charge in [0.05, 0.1) is 17.9 Å². The summed E-state index contributed by atoms with van der Waals surface area (Å²) in [5.74, 6) is 13.3. The number of hydrogen-bond donors (Lipinski definition) is 3. The van der Waals surface area contributed by atoms with Crippen LogP contribution in [0.3, 0.4) is 0 Å². The molecule has 8 heteroatoms. The Labute approximate surface area is 265 Å². The number of thiocarbonyl (C=S) groups is 1. The molecule has 0 amide bonds. The van der Waals surface area contributed by atoms with Crippen molar-refractivity contribution < 1.29 is 0 Å². The van der Waals surface area contributed by atoms with Gasteiger partial charge in [-0.25, -0.2) is 11.7 Å². The molecule has 0 aliphatic heterocycles. The number of aliphatic imine (C=N–C) groups is 2. The van der Waals surface area contributed by atoms with Gasteiger partial charge in [-0.05, 0) is 91.7 Å². The van der Waals surface area contributed by atoms with E-state index in [2.05, 4.69) is 85.9 Å². The molecule has 7 nitrogen and oxygen atoms in total. The summed E-state index contributed by atoms with van der Waals surface area (Å²) in [7, 11) is 1.50. The Kier molecular flexibility index (Phi) is 16.0. The number of rotatable bonds is 8. The molecule has 0 radical (unpaired) electrons. The highest BCUT2D eigenvalue weighted by Gasteiger charge is 2.22. The minimum Gasteiger partial charge on any atom is -0.333 e. The summed E-state index contributed by atoms with van der Waals surface area (Å²) in [5, 5.41) is 5.35.